The van der Waals surface area contributed by atoms with Gasteiger partial charge in [0.25, 0.3) is 0 Å². The minimum Gasteiger partial charge on any atom is -0.454 e. The van der Waals surface area contributed by atoms with Crippen molar-refractivity contribution in [1.29, 1.82) is 5.26 Å². The fraction of sp³-hybridized carbons (Fsp3) is 0.167. The smallest absolute Gasteiger partial charge is 0.216 e. The molecular weight excluding hydrogens is 476 g/mol. The van der Waals surface area contributed by atoms with Gasteiger partial charge >= 0.3 is 0 Å². The highest BCUT2D eigenvalue weighted by molar-refractivity contribution is 6.15. The molecule has 0 saturated heterocycles. The third-order valence-corrected chi connectivity index (χ3v) is 7.80. The van der Waals surface area contributed by atoms with Crippen LogP contribution in [0.15, 0.2) is 95.5 Å². The number of hydrogen-bond donors (Lipinski definition) is 0. The van der Waals surface area contributed by atoms with Crippen molar-refractivity contribution < 1.29 is 8.98 Å². The van der Waals surface area contributed by atoms with Crippen LogP contribution in [0.5, 0.6) is 0 Å². The Labute approximate surface area is 229 Å². The lowest BCUT2D eigenvalue weighted by atomic mass is 9.93. The fourth-order valence-corrected chi connectivity index (χ4v) is 5.73. The summed E-state index contributed by atoms with van der Waals surface area (Å²) in [6.07, 6.45) is 2.13. The van der Waals surface area contributed by atoms with Gasteiger partial charge in [-0.15, -0.1) is 0 Å². The van der Waals surface area contributed by atoms with Crippen LogP contribution in [-0.2, 0) is 7.05 Å². The van der Waals surface area contributed by atoms with Gasteiger partial charge in [-0.2, -0.15) is 5.26 Å². The molecule has 0 aliphatic heterocycles. The van der Waals surface area contributed by atoms with Gasteiger partial charge in [0.2, 0.25) is 5.69 Å². The van der Waals surface area contributed by atoms with Gasteiger partial charge in [0, 0.05) is 28.5 Å². The molecule has 2 heterocycles. The number of nitrogens with zero attached hydrogens (tertiary/aromatic N) is 2. The van der Waals surface area contributed by atoms with E-state index in [1.807, 2.05) is 30.3 Å². The summed E-state index contributed by atoms with van der Waals surface area (Å²) in [6.45, 7) is 8.74. The molecule has 0 amide bonds. The zero-order chi connectivity index (χ0) is 27.3. The van der Waals surface area contributed by atoms with Gasteiger partial charge in [-0.25, -0.2) is 4.57 Å². The van der Waals surface area contributed by atoms with Crippen LogP contribution in [-0.4, -0.2) is 0 Å². The summed E-state index contributed by atoms with van der Waals surface area (Å²) in [5.41, 5.74) is 12.2. The molecule has 6 aromatic rings. The summed E-state index contributed by atoms with van der Waals surface area (Å²) in [5.74, 6) is 0.422. The Bertz CT molecular complexity index is 1900. The zero-order valence-corrected chi connectivity index (χ0v) is 23.0. The SMILES string of the molecule is Cc1cc(C)c2c(oc3c(-c4ccc(-c5ccccc5)cc4)c(C#N)ccc32)c1-c1cc(C(C)C)cc[n+]1C. The molecule has 0 atom stereocenters. The average Bonchev–Trinajstić information content (AvgIpc) is 3.33. The van der Waals surface area contributed by atoms with Crippen molar-refractivity contribution in [3.05, 3.63) is 113 Å². The largest absolute Gasteiger partial charge is 0.454 e. The van der Waals surface area contributed by atoms with Crippen LogP contribution in [0.2, 0.25) is 0 Å². The molecule has 0 aliphatic rings. The van der Waals surface area contributed by atoms with Gasteiger partial charge < -0.3 is 4.42 Å². The Hall–Kier alpha value is -4.68. The number of fused-ring (bicyclic) bond motifs is 3. The Morgan fingerprint density at radius 3 is 2.13 bits per heavy atom. The molecule has 190 valence electrons. The Kier molecular flexibility index (Phi) is 6.04. The van der Waals surface area contributed by atoms with E-state index in [0.717, 1.165) is 49.9 Å². The second-order valence-corrected chi connectivity index (χ2v) is 10.7. The summed E-state index contributed by atoms with van der Waals surface area (Å²) in [7, 11) is 2.08. The summed E-state index contributed by atoms with van der Waals surface area (Å²) in [5, 5.41) is 12.2. The van der Waals surface area contributed by atoms with E-state index in [0.29, 0.717) is 11.5 Å². The third-order valence-electron chi connectivity index (χ3n) is 7.80. The second-order valence-electron chi connectivity index (χ2n) is 10.7. The molecule has 0 N–H and O–H groups in total. The molecule has 0 saturated carbocycles. The van der Waals surface area contributed by atoms with Gasteiger partial charge in [-0.1, -0.05) is 74.5 Å². The first-order chi connectivity index (χ1) is 18.9. The minimum absolute atomic E-state index is 0.422. The molecule has 6 rings (SSSR count). The van der Waals surface area contributed by atoms with Crippen molar-refractivity contribution in [3.8, 4) is 39.6 Å². The van der Waals surface area contributed by atoms with Crippen molar-refractivity contribution in [1.82, 2.24) is 0 Å². The molecule has 3 heteroatoms. The standard InChI is InChI=1S/C36H31N2O/c1-22(2)28-17-18-38(5)31(20-28)33-24(4)19-23(3)32-30-16-15-29(21-37)34(35(30)39-36(32)33)27-13-11-26(12-14-27)25-9-7-6-8-10-25/h6-20,22H,1-5H3/q+1. The van der Waals surface area contributed by atoms with Crippen molar-refractivity contribution in [3.63, 3.8) is 0 Å². The maximum Gasteiger partial charge on any atom is 0.216 e. The Morgan fingerprint density at radius 2 is 1.44 bits per heavy atom. The molecular formula is C36H31N2O+. The number of rotatable bonds is 4. The van der Waals surface area contributed by atoms with E-state index in [-0.39, 0.29) is 0 Å². The molecule has 0 fully saturated rings. The maximum atomic E-state index is 10.1. The lowest BCUT2D eigenvalue weighted by molar-refractivity contribution is -0.660. The average molecular weight is 508 g/mol. The van der Waals surface area contributed by atoms with Crippen LogP contribution in [0, 0.1) is 25.2 Å². The van der Waals surface area contributed by atoms with E-state index in [2.05, 4.69) is 106 Å². The van der Waals surface area contributed by atoms with E-state index < -0.39 is 0 Å². The van der Waals surface area contributed by atoms with E-state index in [1.54, 1.807) is 0 Å². The summed E-state index contributed by atoms with van der Waals surface area (Å²) >= 11 is 0. The van der Waals surface area contributed by atoms with Crippen molar-refractivity contribution >= 4 is 21.9 Å². The fourth-order valence-electron chi connectivity index (χ4n) is 5.73. The normalized spacial score (nSPS) is 11.4. The molecule has 3 nitrogen and oxygen atoms in total. The van der Waals surface area contributed by atoms with Crippen LogP contribution in [0.3, 0.4) is 0 Å². The van der Waals surface area contributed by atoms with E-state index >= 15 is 0 Å². The van der Waals surface area contributed by atoms with Crippen LogP contribution in [0.25, 0.3) is 55.4 Å². The highest BCUT2D eigenvalue weighted by atomic mass is 16.3. The number of nitriles is 1. The minimum atomic E-state index is 0.422. The first-order valence-corrected chi connectivity index (χ1v) is 13.4. The van der Waals surface area contributed by atoms with Gasteiger partial charge in [-0.05, 0) is 65.3 Å². The summed E-state index contributed by atoms with van der Waals surface area (Å²) in [4.78, 5) is 0. The van der Waals surface area contributed by atoms with Crippen LogP contribution in [0.1, 0.15) is 42.0 Å². The van der Waals surface area contributed by atoms with Gasteiger partial charge in [-0.3, -0.25) is 0 Å². The molecule has 0 spiro atoms. The van der Waals surface area contributed by atoms with Gasteiger partial charge in [0.15, 0.2) is 6.20 Å². The topological polar surface area (TPSA) is 40.8 Å². The summed E-state index contributed by atoms with van der Waals surface area (Å²) in [6, 6.07) is 31.8. The Morgan fingerprint density at radius 1 is 0.744 bits per heavy atom. The van der Waals surface area contributed by atoms with Crippen LogP contribution < -0.4 is 4.57 Å². The lowest BCUT2D eigenvalue weighted by Crippen LogP contribution is -2.31. The van der Waals surface area contributed by atoms with E-state index in [9.17, 15) is 5.26 Å². The highest BCUT2D eigenvalue weighted by Gasteiger charge is 2.25. The van der Waals surface area contributed by atoms with E-state index in [1.165, 1.54) is 22.3 Å². The maximum absolute atomic E-state index is 10.1. The number of benzene rings is 4. The highest BCUT2D eigenvalue weighted by Crippen LogP contribution is 2.43. The lowest BCUT2D eigenvalue weighted by Gasteiger charge is -2.10. The monoisotopic (exact) mass is 507 g/mol. The first-order valence-electron chi connectivity index (χ1n) is 13.4. The van der Waals surface area contributed by atoms with Crippen molar-refractivity contribution in [2.75, 3.05) is 0 Å². The number of aromatic nitrogens is 1. The van der Waals surface area contributed by atoms with Gasteiger partial charge in [0.05, 0.1) is 17.2 Å². The van der Waals surface area contributed by atoms with E-state index in [4.69, 9.17) is 4.42 Å². The molecule has 2 aromatic heterocycles. The molecule has 39 heavy (non-hydrogen) atoms. The Balaban J connectivity index is 1.63. The predicted molar refractivity (Wildman–Crippen MR) is 159 cm³/mol. The van der Waals surface area contributed by atoms with Crippen LogP contribution in [0.4, 0.5) is 0 Å². The second kappa shape index (κ2) is 9.57. The van der Waals surface area contributed by atoms with Crippen molar-refractivity contribution in [2.24, 2.45) is 7.05 Å². The van der Waals surface area contributed by atoms with Crippen LogP contribution >= 0.6 is 0 Å². The number of aryl methyl sites for hydroxylation is 3. The molecule has 0 radical (unpaired) electrons. The number of furan rings is 1. The third kappa shape index (κ3) is 4.10. The molecule has 0 aliphatic carbocycles. The molecule has 0 bridgehead atoms. The molecule has 4 aromatic carbocycles. The predicted octanol–water partition coefficient (Wildman–Crippen LogP) is 9.02. The van der Waals surface area contributed by atoms with Crippen molar-refractivity contribution in [2.45, 2.75) is 33.6 Å². The zero-order valence-electron chi connectivity index (χ0n) is 23.0. The van der Waals surface area contributed by atoms with Gasteiger partial charge in [0.1, 0.15) is 18.2 Å². The quantitative estimate of drug-likeness (QED) is 0.223. The number of pyridine rings is 1. The first kappa shape index (κ1) is 24.6. The number of hydrogen-bond acceptors (Lipinski definition) is 2. The summed E-state index contributed by atoms with van der Waals surface area (Å²) < 4.78 is 9.00. The molecule has 0 unspecified atom stereocenters.